The van der Waals surface area contributed by atoms with Crippen molar-refractivity contribution >= 4 is 5.91 Å². The Kier molecular flexibility index (Phi) is 4.45. The summed E-state index contributed by atoms with van der Waals surface area (Å²) in [5, 5.41) is 19.0. The number of halogens is 1. The Morgan fingerprint density at radius 1 is 1.17 bits per heavy atom. The predicted molar refractivity (Wildman–Crippen MR) is 82.1 cm³/mol. The lowest BCUT2D eigenvalue weighted by Gasteiger charge is -2.24. The number of hydrogen-bond donors (Lipinski definition) is 2. The number of aromatic nitrogens is 1. The van der Waals surface area contributed by atoms with Crippen LogP contribution >= 0.6 is 0 Å². The molecule has 1 atom stereocenters. The molecule has 23 heavy (non-hydrogen) atoms. The van der Waals surface area contributed by atoms with Gasteiger partial charge in [0.1, 0.15) is 11.5 Å². The zero-order chi connectivity index (χ0) is 16.4. The molecule has 1 aliphatic heterocycles. The molecule has 2 aromatic rings. The van der Waals surface area contributed by atoms with E-state index in [0.717, 1.165) is 0 Å². The molecule has 0 aliphatic carbocycles. The number of benzene rings is 1. The van der Waals surface area contributed by atoms with E-state index in [2.05, 4.69) is 0 Å². The predicted octanol–water partition coefficient (Wildman–Crippen LogP) is 1.38. The fourth-order valence-electron chi connectivity index (χ4n) is 3.01. The van der Waals surface area contributed by atoms with E-state index in [1.165, 1.54) is 18.2 Å². The molecule has 1 aromatic heterocycles. The van der Waals surface area contributed by atoms with Gasteiger partial charge in [0.05, 0.1) is 6.61 Å². The second-order valence-corrected chi connectivity index (χ2v) is 5.85. The monoisotopic (exact) mass is 318 g/mol. The lowest BCUT2D eigenvalue weighted by molar-refractivity contribution is 0.0701. The van der Waals surface area contributed by atoms with Crippen LogP contribution in [0.5, 0.6) is 0 Å². The van der Waals surface area contributed by atoms with Crippen molar-refractivity contribution in [3.05, 3.63) is 59.2 Å². The minimum atomic E-state index is -0.401. The summed E-state index contributed by atoms with van der Waals surface area (Å²) in [5.41, 5.74) is 1.74. The highest BCUT2D eigenvalue weighted by Gasteiger charge is 2.27. The normalized spacial score (nSPS) is 18.0. The van der Waals surface area contributed by atoms with Gasteiger partial charge in [0, 0.05) is 38.4 Å². The van der Waals surface area contributed by atoms with Crippen molar-refractivity contribution < 1.29 is 19.4 Å². The van der Waals surface area contributed by atoms with Crippen molar-refractivity contribution in [2.45, 2.75) is 19.7 Å². The number of amides is 1. The molecule has 1 aliphatic rings. The van der Waals surface area contributed by atoms with Crippen molar-refractivity contribution in [3.63, 3.8) is 0 Å². The van der Waals surface area contributed by atoms with Gasteiger partial charge in [-0.05, 0) is 35.4 Å². The first-order valence-corrected chi connectivity index (χ1v) is 7.55. The summed E-state index contributed by atoms with van der Waals surface area (Å²) in [6.07, 6.45) is 1.82. The van der Waals surface area contributed by atoms with E-state index in [0.29, 0.717) is 29.9 Å². The van der Waals surface area contributed by atoms with E-state index < -0.39 is 5.82 Å². The molecule has 5 nitrogen and oxygen atoms in total. The first kappa shape index (κ1) is 15.7. The van der Waals surface area contributed by atoms with E-state index in [9.17, 15) is 19.4 Å². The van der Waals surface area contributed by atoms with Gasteiger partial charge < -0.3 is 19.7 Å². The van der Waals surface area contributed by atoms with Gasteiger partial charge in [-0.15, -0.1) is 0 Å². The molecular weight excluding hydrogens is 299 g/mol. The van der Waals surface area contributed by atoms with Gasteiger partial charge in [-0.25, -0.2) is 4.39 Å². The third-order valence-electron chi connectivity index (χ3n) is 4.23. The molecule has 2 heterocycles. The minimum absolute atomic E-state index is 0.0303. The molecule has 0 saturated carbocycles. The largest absolute Gasteiger partial charge is 0.396 e. The van der Waals surface area contributed by atoms with Gasteiger partial charge in [-0.1, -0.05) is 6.07 Å². The number of aliphatic hydroxyl groups excluding tert-OH is 2. The van der Waals surface area contributed by atoms with Gasteiger partial charge in [-0.2, -0.15) is 0 Å². The third-order valence-corrected chi connectivity index (χ3v) is 4.23. The topological polar surface area (TPSA) is 65.7 Å². The molecule has 0 saturated heterocycles. The number of carbonyl (C=O) groups excluding carboxylic acids is 1. The zero-order valence-electron chi connectivity index (χ0n) is 12.7. The zero-order valence-corrected chi connectivity index (χ0v) is 12.7. The molecule has 0 bridgehead atoms. The highest BCUT2D eigenvalue weighted by Crippen LogP contribution is 2.21. The maximum atomic E-state index is 13.5. The number of fused-ring (bicyclic) bond motifs is 1. The summed E-state index contributed by atoms with van der Waals surface area (Å²) in [6, 6.07) is 7.71. The van der Waals surface area contributed by atoms with Crippen LogP contribution < -0.4 is 0 Å². The molecule has 122 valence electrons. The minimum Gasteiger partial charge on any atom is -0.396 e. The molecule has 2 N–H and O–H groups in total. The summed E-state index contributed by atoms with van der Waals surface area (Å²) in [4.78, 5) is 14.3. The second-order valence-electron chi connectivity index (χ2n) is 5.85. The van der Waals surface area contributed by atoms with Gasteiger partial charge in [0.15, 0.2) is 0 Å². The lowest BCUT2D eigenvalue weighted by Crippen LogP contribution is -2.34. The van der Waals surface area contributed by atoms with Gasteiger partial charge in [0.25, 0.3) is 5.91 Å². The van der Waals surface area contributed by atoms with Crippen LogP contribution in [0.15, 0.2) is 36.5 Å². The van der Waals surface area contributed by atoms with Crippen LogP contribution in [0.2, 0.25) is 0 Å². The summed E-state index contributed by atoms with van der Waals surface area (Å²) >= 11 is 0. The van der Waals surface area contributed by atoms with E-state index in [4.69, 9.17) is 0 Å². The molecule has 1 aromatic carbocycles. The first-order chi connectivity index (χ1) is 11.1. The van der Waals surface area contributed by atoms with Crippen LogP contribution in [0.4, 0.5) is 4.39 Å². The number of hydrogen-bond acceptors (Lipinski definition) is 3. The average Bonchev–Trinajstić information content (AvgIpc) is 2.96. The summed E-state index contributed by atoms with van der Waals surface area (Å²) in [7, 11) is 0. The van der Waals surface area contributed by atoms with E-state index in [-0.39, 0.29) is 31.6 Å². The van der Waals surface area contributed by atoms with E-state index in [1.807, 2.05) is 10.8 Å². The fourth-order valence-corrected chi connectivity index (χ4v) is 3.01. The van der Waals surface area contributed by atoms with Gasteiger partial charge in [0.2, 0.25) is 0 Å². The Morgan fingerprint density at radius 2 is 2.00 bits per heavy atom. The number of nitrogens with zero attached hydrogens (tertiary/aromatic N) is 2. The Labute approximate surface area is 133 Å². The Hall–Kier alpha value is -2.18. The lowest BCUT2D eigenvalue weighted by atomic mass is 10.1. The van der Waals surface area contributed by atoms with E-state index in [1.54, 1.807) is 17.0 Å². The first-order valence-electron chi connectivity index (χ1n) is 7.55. The molecule has 3 rings (SSSR count). The molecule has 0 fully saturated rings. The van der Waals surface area contributed by atoms with Crippen LogP contribution in [-0.4, -0.2) is 38.7 Å². The Balaban J connectivity index is 1.92. The van der Waals surface area contributed by atoms with Crippen LogP contribution in [0.25, 0.3) is 0 Å². The molecule has 1 amide bonds. The number of rotatable bonds is 4. The smallest absolute Gasteiger partial charge is 0.270 e. The Morgan fingerprint density at radius 3 is 2.74 bits per heavy atom. The molecule has 0 radical (unpaired) electrons. The summed E-state index contributed by atoms with van der Waals surface area (Å²) < 4.78 is 15.4. The van der Waals surface area contributed by atoms with Crippen molar-refractivity contribution in [1.82, 2.24) is 9.47 Å². The fraction of sp³-hybridized carbons (Fsp3) is 0.353. The molecule has 0 spiro atoms. The maximum Gasteiger partial charge on any atom is 0.270 e. The summed E-state index contributed by atoms with van der Waals surface area (Å²) in [5.74, 6) is -0.639. The maximum absolute atomic E-state index is 13.5. The standard InChI is InChI=1S/C17H19FN2O3/c18-15-4-3-13(11-22)14(6-15)9-20-8-12(10-21)7-19-5-1-2-16(19)17(20)23/h1-6,12,21-22H,7-11H2. The van der Waals surface area contributed by atoms with Gasteiger partial charge in [-0.3, -0.25) is 4.79 Å². The van der Waals surface area contributed by atoms with Crippen molar-refractivity contribution in [1.29, 1.82) is 0 Å². The van der Waals surface area contributed by atoms with Crippen LogP contribution in [0.1, 0.15) is 21.6 Å². The third kappa shape index (κ3) is 3.13. The average molecular weight is 318 g/mol. The number of carbonyl (C=O) groups is 1. The highest BCUT2D eigenvalue weighted by molar-refractivity contribution is 5.93. The Bertz CT molecular complexity index is 714. The molecule has 1 unspecified atom stereocenters. The highest BCUT2D eigenvalue weighted by atomic mass is 19.1. The van der Waals surface area contributed by atoms with Crippen LogP contribution in [0.3, 0.4) is 0 Å². The number of aliphatic hydroxyl groups is 2. The van der Waals surface area contributed by atoms with Crippen molar-refractivity contribution in [2.24, 2.45) is 5.92 Å². The second kappa shape index (κ2) is 6.52. The molecular formula is C17H19FN2O3. The SMILES string of the molecule is O=C1c2cccn2CC(CO)CN1Cc1cc(F)ccc1CO. The molecule has 6 heteroatoms. The quantitative estimate of drug-likeness (QED) is 0.895. The summed E-state index contributed by atoms with van der Waals surface area (Å²) in [6.45, 7) is 0.915. The van der Waals surface area contributed by atoms with Crippen LogP contribution in [-0.2, 0) is 19.7 Å². The van der Waals surface area contributed by atoms with Crippen molar-refractivity contribution in [3.8, 4) is 0 Å². The van der Waals surface area contributed by atoms with Gasteiger partial charge >= 0.3 is 0 Å². The van der Waals surface area contributed by atoms with E-state index >= 15 is 0 Å². The van der Waals surface area contributed by atoms with Crippen LogP contribution in [0, 0.1) is 11.7 Å². The van der Waals surface area contributed by atoms with Crippen molar-refractivity contribution in [2.75, 3.05) is 13.2 Å².